The minimum Gasteiger partial charge on any atom is -0.497 e. The fourth-order valence-corrected chi connectivity index (χ4v) is 3.47. The van der Waals surface area contributed by atoms with Gasteiger partial charge in [0, 0.05) is 28.6 Å². The van der Waals surface area contributed by atoms with Crippen molar-refractivity contribution in [3.8, 4) is 28.4 Å². The molecular formula is C23H24N2O5. The van der Waals surface area contributed by atoms with Crippen LogP contribution in [0.15, 0.2) is 48.5 Å². The molecule has 0 saturated carbocycles. The van der Waals surface area contributed by atoms with Crippen LogP contribution >= 0.6 is 0 Å². The molecule has 0 radical (unpaired) electrons. The third-order valence-electron chi connectivity index (χ3n) is 4.96. The molecule has 0 atom stereocenters. The van der Waals surface area contributed by atoms with Gasteiger partial charge in [-0.25, -0.2) is 0 Å². The van der Waals surface area contributed by atoms with Gasteiger partial charge in [-0.15, -0.1) is 0 Å². The molecule has 1 amide bonds. The second-order valence-electron chi connectivity index (χ2n) is 6.87. The maximum atomic E-state index is 11.5. The number of aromatic nitrogens is 1. The lowest BCUT2D eigenvalue weighted by Gasteiger charge is -2.18. The zero-order chi connectivity index (χ0) is 21.8. The van der Waals surface area contributed by atoms with E-state index in [0.717, 1.165) is 28.2 Å². The number of carbonyl (C=O) groups is 2. The smallest absolute Gasteiger partial charge is 0.303 e. The van der Waals surface area contributed by atoms with E-state index in [0.29, 0.717) is 23.5 Å². The van der Waals surface area contributed by atoms with Crippen LogP contribution in [0.5, 0.6) is 11.5 Å². The molecular weight excluding hydrogens is 384 g/mol. The number of benzene rings is 2. The van der Waals surface area contributed by atoms with Gasteiger partial charge in [-0.05, 0) is 61.4 Å². The predicted octanol–water partition coefficient (Wildman–Crippen LogP) is 3.59. The summed E-state index contributed by atoms with van der Waals surface area (Å²) in [6.45, 7) is 1.89. The first kappa shape index (κ1) is 21.0. The Balaban J connectivity index is 2.21. The van der Waals surface area contributed by atoms with E-state index in [1.807, 2.05) is 41.8 Å². The standard InChI is InChI=1S/C23H24N2O5/c1-14-12-15(23(24)28)4-9-19(14)25-16(6-11-22(26)27)5-10-20(25)18-8-7-17(29-2)13-21(18)30-3/h4-5,7-10,12-13H,6,11H2,1-3H3,(H2,24,28)(H,26,27). The maximum Gasteiger partial charge on any atom is 0.303 e. The highest BCUT2D eigenvalue weighted by atomic mass is 16.5. The third kappa shape index (κ3) is 4.15. The Morgan fingerprint density at radius 2 is 1.80 bits per heavy atom. The number of amides is 1. The van der Waals surface area contributed by atoms with Gasteiger partial charge in [0.2, 0.25) is 5.91 Å². The van der Waals surface area contributed by atoms with E-state index in [4.69, 9.17) is 20.3 Å². The van der Waals surface area contributed by atoms with E-state index >= 15 is 0 Å². The van der Waals surface area contributed by atoms with Crippen LogP contribution in [-0.4, -0.2) is 35.8 Å². The normalized spacial score (nSPS) is 10.6. The molecule has 0 spiro atoms. The van der Waals surface area contributed by atoms with Crippen LogP contribution < -0.4 is 15.2 Å². The fraction of sp³-hybridized carbons (Fsp3) is 0.217. The Hall–Kier alpha value is -3.74. The lowest BCUT2D eigenvalue weighted by Crippen LogP contribution is -2.12. The van der Waals surface area contributed by atoms with Crippen LogP contribution in [0.1, 0.15) is 28.0 Å². The number of aryl methyl sites for hydroxylation is 2. The molecule has 30 heavy (non-hydrogen) atoms. The van der Waals surface area contributed by atoms with Gasteiger partial charge < -0.3 is 24.9 Å². The molecule has 1 aromatic heterocycles. The van der Waals surface area contributed by atoms with Crippen molar-refractivity contribution in [3.05, 3.63) is 65.4 Å². The third-order valence-corrected chi connectivity index (χ3v) is 4.96. The Kier molecular flexibility index (Phi) is 6.11. The van der Waals surface area contributed by atoms with Gasteiger partial charge in [0.25, 0.3) is 0 Å². The molecule has 0 bridgehead atoms. The molecule has 3 aromatic rings. The Bertz CT molecular complexity index is 1100. The minimum atomic E-state index is -0.868. The summed E-state index contributed by atoms with van der Waals surface area (Å²) in [5, 5.41) is 9.16. The number of nitrogens with zero attached hydrogens (tertiary/aromatic N) is 1. The monoisotopic (exact) mass is 408 g/mol. The number of aliphatic carboxylic acids is 1. The molecule has 0 unspecified atom stereocenters. The highest BCUT2D eigenvalue weighted by molar-refractivity contribution is 5.93. The van der Waals surface area contributed by atoms with E-state index < -0.39 is 11.9 Å². The number of primary amides is 1. The van der Waals surface area contributed by atoms with Gasteiger partial charge in [0.15, 0.2) is 0 Å². The van der Waals surface area contributed by atoms with Gasteiger partial charge in [0.1, 0.15) is 11.5 Å². The van der Waals surface area contributed by atoms with Crippen molar-refractivity contribution in [3.63, 3.8) is 0 Å². The Morgan fingerprint density at radius 1 is 1.03 bits per heavy atom. The molecule has 7 nitrogen and oxygen atoms in total. The summed E-state index contributed by atoms with van der Waals surface area (Å²) in [7, 11) is 3.18. The van der Waals surface area contributed by atoms with E-state index in [1.54, 1.807) is 32.4 Å². The van der Waals surface area contributed by atoms with Crippen molar-refractivity contribution in [2.75, 3.05) is 14.2 Å². The summed E-state index contributed by atoms with van der Waals surface area (Å²) in [6, 6.07) is 14.6. The topological polar surface area (TPSA) is 104 Å². The van der Waals surface area contributed by atoms with Crippen molar-refractivity contribution in [2.45, 2.75) is 19.8 Å². The summed E-state index contributed by atoms with van der Waals surface area (Å²) in [5.41, 5.74) is 10.0. The van der Waals surface area contributed by atoms with E-state index in [9.17, 15) is 9.59 Å². The molecule has 3 N–H and O–H groups in total. The van der Waals surface area contributed by atoms with Crippen molar-refractivity contribution >= 4 is 11.9 Å². The van der Waals surface area contributed by atoms with Crippen LogP contribution in [-0.2, 0) is 11.2 Å². The van der Waals surface area contributed by atoms with Crippen LogP contribution in [0.2, 0.25) is 0 Å². The van der Waals surface area contributed by atoms with E-state index in [1.165, 1.54) is 0 Å². The lowest BCUT2D eigenvalue weighted by atomic mass is 10.1. The number of carbonyl (C=O) groups excluding carboxylic acids is 1. The minimum absolute atomic E-state index is 0.00161. The molecule has 3 rings (SSSR count). The second kappa shape index (κ2) is 8.73. The number of rotatable bonds is 8. The van der Waals surface area contributed by atoms with Crippen molar-refractivity contribution in [1.82, 2.24) is 4.57 Å². The van der Waals surface area contributed by atoms with E-state index in [-0.39, 0.29) is 6.42 Å². The van der Waals surface area contributed by atoms with Crippen LogP contribution in [0, 0.1) is 6.92 Å². The fourth-order valence-electron chi connectivity index (χ4n) is 3.47. The first-order valence-electron chi connectivity index (χ1n) is 9.41. The molecule has 2 aromatic carbocycles. The molecule has 0 aliphatic rings. The average Bonchev–Trinajstić information content (AvgIpc) is 3.14. The Morgan fingerprint density at radius 3 is 2.40 bits per heavy atom. The first-order chi connectivity index (χ1) is 14.3. The number of hydrogen-bond donors (Lipinski definition) is 2. The molecule has 0 saturated heterocycles. The summed E-state index contributed by atoms with van der Waals surface area (Å²) in [6.07, 6.45) is 0.354. The Labute approximate surface area is 174 Å². The number of nitrogens with two attached hydrogens (primary N) is 1. The number of carboxylic acids is 1. The summed E-state index contributed by atoms with van der Waals surface area (Å²) >= 11 is 0. The number of carboxylic acid groups (broad SMARTS) is 1. The SMILES string of the molecule is COc1ccc(-c2ccc(CCC(=O)O)n2-c2ccc(C(N)=O)cc2C)c(OC)c1. The molecule has 0 fully saturated rings. The molecule has 0 aliphatic heterocycles. The first-order valence-corrected chi connectivity index (χ1v) is 9.41. The van der Waals surface area contributed by atoms with Crippen LogP contribution in [0.25, 0.3) is 16.9 Å². The summed E-state index contributed by atoms with van der Waals surface area (Å²) < 4.78 is 12.9. The second-order valence-corrected chi connectivity index (χ2v) is 6.87. The zero-order valence-corrected chi connectivity index (χ0v) is 17.1. The van der Waals surface area contributed by atoms with Gasteiger partial charge in [-0.3, -0.25) is 9.59 Å². The largest absolute Gasteiger partial charge is 0.497 e. The van der Waals surface area contributed by atoms with Crippen LogP contribution in [0.3, 0.4) is 0 Å². The van der Waals surface area contributed by atoms with Gasteiger partial charge in [-0.2, -0.15) is 0 Å². The molecule has 1 heterocycles. The summed E-state index contributed by atoms with van der Waals surface area (Å²) in [5.74, 6) is -0.0703. The number of methoxy groups -OCH3 is 2. The molecule has 156 valence electrons. The highest BCUT2D eigenvalue weighted by Crippen LogP contribution is 2.37. The predicted molar refractivity (Wildman–Crippen MR) is 114 cm³/mol. The van der Waals surface area contributed by atoms with E-state index in [2.05, 4.69) is 0 Å². The quantitative estimate of drug-likeness (QED) is 0.593. The van der Waals surface area contributed by atoms with Gasteiger partial charge >= 0.3 is 5.97 Å². The summed E-state index contributed by atoms with van der Waals surface area (Å²) in [4.78, 5) is 22.7. The van der Waals surface area contributed by atoms with Crippen molar-refractivity contribution in [2.24, 2.45) is 5.73 Å². The lowest BCUT2D eigenvalue weighted by molar-refractivity contribution is -0.136. The highest BCUT2D eigenvalue weighted by Gasteiger charge is 2.18. The maximum absolute atomic E-state index is 11.5. The molecule has 0 aliphatic carbocycles. The average molecular weight is 408 g/mol. The van der Waals surface area contributed by atoms with Crippen molar-refractivity contribution < 1.29 is 24.2 Å². The number of ether oxygens (including phenoxy) is 2. The van der Waals surface area contributed by atoms with Crippen LogP contribution in [0.4, 0.5) is 0 Å². The van der Waals surface area contributed by atoms with Gasteiger partial charge in [-0.1, -0.05) is 0 Å². The number of hydrogen-bond acceptors (Lipinski definition) is 4. The molecule has 7 heteroatoms. The van der Waals surface area contributed by atoms with Gasteiger partial charge in [0.05, 0.1) is 26.3 Å². The van der Waals surface area contributed by atoms with Crippen molar-refractivity contribution in [1.29, 1.82) is 0 Å². The zero-order valence-electron chi connectivity index (χ0n) is 17.1.